The maximum Gasteiger partial charge on any atom is 0.175 e. The largest absolute Gasteiger partial charge is 0.332 e. The molecule has 4 nitrogen and oxygen atoms in total. The first-order chi connectivity index (χ1) is 15.6. The Morgan fingerprint density at radius 2 is 1.41 bits per heavy atom. The molecule has 0 aliphatic heterocycles. The predicted molar refractivity (Wildman–Crippen MR) is 139 cm³/mol. The summed E-state index contributed by atoms with van der Waals surface area (Å²) < 4.78 is 2.04. The van der Waals surface area contributed by atoms with Gasteiger partial charge < -0.3 is 10.6 Å². The third-order valence-corrected chi connectivity index (χ3v) is 6.06. The number of rotatable bonds is 4. The second-order valence-corrected chi connectivity index (χ2v) is 8.36. The normalized spacial score (nSPS) is 11.1. The predicted octanol–water partition coefficient (Wildman–Crippen LogP) is 6.66. The maximum absolute atomic E-state index is 5.64. The maximum atomic E-state index is 5.64. The second kappa shape index (κ2) is 8.44. The summed E-state index contributed by atoms with van der Waals surface area (Å²) in [4.78, 5) is 0. The lowest BCUT2D eigenvalue weighted by atomic mass is 10.0. The van der Waals surface area contributed by atoms with Gasteiger partial charge in [0.05, 0.1) is 23.6 Å². The van der Waals surface area contributed by atoms with Gasteiger partial charge in [0.1, 0.15) is 0 Å². The lowest BCUT2D eigenvalue weighted by Gasteiger charge is -2.13. The Labute approximate surface area is 192 Å². The highest BCUT2D eigenvalue weighted by Crippen LogP contribution is 2.26. The highest BCUT2D eigenvalue weighted by Gasteiger charge is 2.14. The fraction of sp³-hybridized carbons (Fsp3) is 0.111. The van der Waals surface area contributed by atoms with E-state index in [-0.39, 0.29) is 0 Å². The average molecular weight is 437 g/mol. The van der Waals surface area contributed by atoms with Crippen LogP contribution in [0.5, 0.6) is 0 Å². The van der Waals surface area contributed by atoms with Gasteiger partial charge in [-0.3, -0.25) is 4.68 Å². The summed E-state index contributed by atoms with van der Waals surface area (Å²) in [5.74, 6) is 0. The van der Waals surface area contributed by atoms with Gasteiger partial charge in [0.25, 0.3) is 0 Å². The van der Waals surface area contributed by atoms with Crippen LogP contribution in [0.1, 0.15) is 17.0 Å². The van der Waals surface area contributed by atoms with Crippen LogP contribution in [0.2, 0.25) is 0 Å². The molecule has 0 fully saturated rings. The van der Waals surface area contributed by atoms with Gasteiger partial charge in [-0.2, -0.15) is 5.10 Å². The number of nitrogens with zero attached hydrogens (tertiary/aromatic N) is 2. The molecule has 0 bridgehead atoms. The van der Waals surface area contributed by atoms with Crippen LogP contribution in [0.25, 0.3) is 21.5 Å². The monoisotopic (exact) mass is 436 g/mol. The van der Waals surface area contributed by atoms with Crippen molar-refractivity contribution in [2.75, 3.05) is 10.6 Å². The van der Waals surface area contributed by atoms with Crippen LogP contribution in [0.4, 0.5) is 11.4 Å². The summed E-state index contributed by atoms with van der Waals surface area (Å²) in [6, 6.07) is 29.3. The Bertz CT molecular complexity index is 1440. The quantitative estimate of drug-likeness (QED) is 0.309. The molecule has 1 aromatic heterocycles. The number of thiocarbonyl (C=S) groups is 1. The zero-order chi connectivity index (χ0) is 22.1. The van der Waals surface area contributed by atoms with Crippen molar-refractivity contribution in [3.8, 4) is 0 Å². The van der Waals surface area contributed by atoms with E-state index in [1.165, 1.54) is 21.7 Å². The van der Waals surface area contributed by atoms with Gasteiger partial charge in [0, 0.05) is 11.1 Å². The van der Waals surface area contributed by atoms with E-state index in [2.05, 4.69) is 78.2 Å². The fourth-order valence-electron chi connectivity index (χ4n) is 4.22. The van der Waals surface area contributed by atoms with Crippen LogP contribution in [0, 0.1) is 13.8 Å². The molecule has 0 saturated heterocycles. The van der Waals surface area contributed by atoms with E-state index in [0.29, 0.717) is 11.7 Å². The smallest absolute Gasteiger partial charge is 0.175 e. The van der Waals surface area contributed by atoms with Crippen molar-refractivity contribution in [3.05, 3.63) is 102 Å². The van der Waals surface area contributed by atoms with Gasteiger partial charge in [-0.25, -0.2) is 0 Å². The standard InChI is InChI=1S/C27H24N4S/c1-18-26(29-27(32)28-25-16-8-12-21-10-4-6-15-24(21)25)19(2)31(30-18)17-22-13-7-11-20-9-3-5-14-23(20)22/h3-16H,17H2,1-2H3,(H2,28,29,32). The Morgan fingerprint density at radius 3 is 2.19 bits per heavy atom. The molecule has 1 heterocycles. The minimum absolute atomic E-state index is 0.553. The van der Waals surface area contributed by atoms with Crippen molar-refractivity contribution >= 4 is 50.2 Å². The molecule has 5 aromatic rings. The van der Waals surface area contributed by atoms with Crippen molar-refractivity contribution in [1.29, 1.82) is 0 Å². The van der Waals surface area contributed by atoms with Crippen molar-refractivity contribution in [2.24, 2.45) is 0 Å². The van der Waals surface area contributed by atoms with Crippen LogP contribution < -0.4 is 10.6 Å². The third kappa shape index (κ3) is 3.83. The molecule has 0 spiro atoms. The first-order valence-corrected chi connectivity index (χ1v) is 11.1. The molecular weight excluding hydrogens is 412 g/mol. The molecule has 0 saturated carbocycles. The van der Waals surface area contributed by atoms with Crippen LogP contribution >= 0.6 is 12.2 Å². The number of hydrogen-bond acceptors (Lipinski definition) is 2. The van der Waals surface area contributed by atoms with Gasteiger partial charge >= 0.3 is 0 Å². The topological polar surface area (TPSA) is 41.9 Å². The summed E-state index contributed by atoms with van der Waals surface area (Å²) in [6.45, 7) is 4.79. The number of benzene rings is 4. The highest BCUT2D eigenvalue weighted by atomic mass is 32.1. The minimum atomic E-state index is 0.553. The number of hydrogen-bond donors (Lipinski definition) is 2. The Hall–Kier alpha value is -3.70. The van der Waals surface area contributed by atoms with E-state index in [1.807, 2.05) is 35.9 Å². The number of aromatic nitrogens is 2. The molecule has 0 unspecified atom stereocenters. The molecule has 0 atom stereocenters. The molecule has 4 aromatic carbocycles. The Balaban J connectivity index is 1.39. The summed E-state index contributed by atoms with van der Waals surface area (Å²) >= 11 is 5.64. The van der Waals surface area contributed by atoms with E-state index >= 15 is 0 Å². The van der Waals surface area contributed by atoms with Crippen LogP contribution in [-0.4, -0.2) is 14.9 Å². The zero-order valence-electron chi connectivity index (χ0n) is 18.1. The minimum Gasteiger partial charge on any atom is -0.332 e. The van der Waals surface area contributed by atoms with Crippen molar-refractivity contribution in [3.63, 3.8) is 0 Å². The molecule has 158 valence electrons. The van der Waals surface area contributed by atoms with Crippen molar-refractivity contribution in [2.45, 2.75) is 20.4 Å². The molecule has 5 rings (SSSR count). The highest BCUT2D eigenvalue weighted by molar-refractivity contribution is 7.80. The van der Waals surface area contributed by atoms with Crippen LogP contribution in [0.3, 0.4) is 0 Å². The molecule has 0 aliphatic rings. The summed E-state index contributed by atoms with van der Waals surface area (Å²) in [5.41, 5.74) is 5.15. The molecule has 0 radical (unpaired) electrons. The Kier molecular flexibility index (Phi) is 5.33. The molecule has 0 amide bonds. The van der Waals surface area contributed by atoms with Gasteiger partial charge in [-0.1, -0.05) is 78.9 Å². The van der Waals surface area contributed by atoms with Crippen molar-refractivity contribution in [1.82, 2.24) is 9.78 Å². The lowest BCUT2D eigenvalue weighted by molar-refractivity contribution is 0.662. The first kappa shape index (κ1) is 20.2. The fourth-order valence-corrected chi connectivity index (χ4v) is 4.44. The lowest BCUT2D eigenvalue weighted by Crippen LogP contribution is -2.20. The summed E-state index contributed by atoms with van der Waals surface area (Å²) in [6.07, 6.45) is 0. The third-order valence-electron chi connectivity index (χ3n) is 5.86. The van der Waals surface area contributed by atoms with Gasteiger partial charge in [0.2, 0.25) is 0 Å². The molecular formula is C27H24N4S. The van der Waals surface area contributed by atoms with Gasteiger partial charge in [-0.05, 0) is 53.9 Å². The zero-order valence-corrected chi connectivity index (χ0v) is 18.9. The number of fused-ring (bicyclic) bond motifs is 2. The van der Waals surface area contributed by atoms with E-state index in [9.17, 15) is 0 Å². The molecule has 0 aliphatic carbocycles. The van der Waals surface area contributed by atoms with Crippen molar-refractivity contribution < 1.29 is 0 Å². The number of aryl methyl sites for hydroxylation is 1. The summed E-state index contributed by atoms with van der Waals surface area (Å²) in [5, 5.41) is 16.9. The molecule has 32 heavy (non-hydrogen) atoms. The van der Waals surface area contributed by atoms with E-state index < -0.39 is 0 Å². The van der Waals surface area contributed by atoms with Crippen LogP contribution in [-0.2, 0) is 6.54 Å². The van der Waals surface area contributed by atoms with E-state index in [4.69, 9.17) is 17.3 Å². The second-order valence-electron chi connectivity index (χ2n) is 7.95. The van der Waals surface area contributed by atoms with Gasteiger partial charge in [0.15, 0.2) is 5.11 Å². The number of nitrogens with one attached hydrogen (secondary N) is 2. The van der Waals surface area contributed by atoms with E-state index in [1.54, 1.807) is 0 Å². The molecule has 5 heteroatoms. The average Bonchev–Trinajstić information content (AvgIpc) is 3.07. The van der Waals surface area contributed by atoms with Crippen LogP contribution in [0.15, 0.2) is 84.9 Å². The van der Waals surface area contributed by atoms with E-state index in [0.717, 1.165) is 28.1 Å². The molecule has 2 N–H and O–H groups in total. The first-order valence-electron chi connectivity index (χ1n) is 10.7. The SMILES string of the molecule is Cc1nn(Cc2cccc3ccccc23)c(C)c1NC(=S)Nc1cccc2ccccc12. The number of anilines is 2. The Morgan fingerprint density at radius 1 is 0.781 bits per heavy atom. The summed E-state index contributed by atoms with van der Waals surface area (Å²) in [7, 11) is 0. The van der Waals surface area contributed by atoms with Gasteiger partial charge in [-0.15, -0.1) is 0 Å².